The molecule has 0 saturated heterocycles. The van der Waals surface area contributed by atoms with Gasteiger partial charge in [-0.25, -0.2) is 0 Å². The average Bonchev–Trinajstić information content (AvgIpc) is 2.49. The Bertz CT molecular complexity index is 558. The number of rotatable bonds is 4. The minimum absolute atomic E-state index is 0.506. The van der Waals surface area contributed by atoms with Crippen molar-refractivity contribution in [3.8, 4) is 12.1 Å². The van der Waals surface area contributed by atoms with Gasteiger partial charge in [-0.2, -0.15) is 10.5 Å². The Hall–Kier alpha value is -2.62. The molecule has 0 radical (unpaired) electrons. The molecule has 0 aliphatic heterocycles. The van der Waals surface area contributed by atoms with Crippen LogP contribution in [0.2, 0.25) is 0 Å². The van der Waals surface area contributed by atoms with Crippen molar-refractivity contribution in [2.24, 2.45) is 0 Å². The van der Waals surface area contributed by atoms with Gasteiger partial charge in [0.2, 0.25) is 0 Å². The molecule has 3 heteroatoms. The minimum atomic E-state index is 0.506. The molecule has 19 heavy (non-hydrogen) atoms. The Morgan fingerprint density at radius 1 is 0.684 bits per heavy atom. The third-order valence-corrected chi connectivity index (χ3v) is 2.70. The molecule has 0 aliphatic carbocycles. The highest BCUT2D eigenvalue weighted by Crippen LogP contribution is 2.08. The van der Waals surface area contributed by atoms with Crippen molar-refractivity contribution in [3.05, 3.63) is 70.8 Å². The molecule has 0 fully saturated rings. The zero-order valence-electron chi connectivity index (χ0n) is 10.3. The number of nitrogens with zero attached hydrogens (tertiary/aromatic N) is 2. The summed E-state index contributed by atoms with van der Waals surface area (Å²) in [6.45, 7) is 1.01. The van der Waals surface area contributed by atoms with Crippen molar-refractivity contribution < 1.29 is 4.74 Å². The van der Waals surface area contributed by atoms with Crippen LogP contribution in [0, 0.1) is 22.7 Å². The van der Waals surface area contributed by atoms with Gasteiger partial charge >= 0.3 is 0 Å². The first-order valence-electron chi connectivity index (χ1n) is 5.87. The van der Waals surface area contributed by atoms with E-state index in [1.165, 1.54) is 0 Å². The van der Waals surface area contributed by atoms with Gasteiger partial charge in [-0.05, 0) is 35.4 Å². The van der Waals surface area contributed by atoms with Crippen molar-refractivity contribution in [2.75, 3.05) is 0 Å². The molecule has 0 unspecified atom stereocenters. The average molecular weight is 248 g/mol. The van der Waals surface area contributed by atoms with Crippen LogP contribution in [0.3, 0.4) is 0 Å². The molecule has 0 spiro atoms. The van der Waals surface area contributed by atoms with E-state index < -0.39 is 0 Å². The predicted octanol–water partition coefficient (Wildman–Crippen LogP) is 3.15. The summed E-state index contributed by atoms with van der Waals surface area (Å²) < 4.78 is 5.59. The van der Waals surface area contributed by atoms with Gasteiger partial charge in [0.05, 0.1) is 36.5 Å². The van der Waals surface area contributed by atoms with Gasteiger partial charge in [-0.3, -0.25) is 0 Å². The zero-order valence-corrected chi connectivity index (χ0v) is 10.3. The molecule has 0 N–H and O–H groups in total. The van der Waals surface area contributed by atoms with Crippen LogP contribution in [0.4, 0.5) is 0 Å². The summed E-state index contributed by atoms with van der Waals surface area (Å²) in [6, 6.07) is 18.8. The van der Waals surface area contributed by atoms with Gasteiger partial charge in [0.1, 0.15) is 0 Å². The van der Waals surface area contributed by atoms with Crippen LogP contribution < -0.4 is 0 Å². The summed E-state index contributed by atoms with van der Waals surface area (Å²) >= 11 is 0. The van der Waals surface area contributed by atoms with Crippen LogP contribution in [0.25, 0.3) is 0 Å². The first-order valence-corrected chi connectivity index (χ1v) is 5.87. The fourth-order valence-corrected chi connectivity index (χ4v) is 1.64. The van der Waals surface area contributed by atoms with E-state index in [4.69, 9.17) is 15.3 Å². The highest BCUT2D eigenvalue weighted by molar-refractivity contribution is 5.32. The van der Waals surface area contributed by atoms with Crippen molar-refractivity contribution >= 4 is 0 Å². The maximum atomic E-state index is 8.69. The third kappa shape index (κ3) is 3.67. The standard InChI is InChI=1S/C16H12N2O/c17-9-13-1-5-15(6-2-13)11-19-12-16-7-3-14(10-18)4-8-16/h1-8H,11-12H2. The van der Waals surface area contributed by atoms with Crippen molar-refractivity contribution in [2.45, 2.75) is 13.2 Å². The van der Waals surface area contributed by atoms with Gasteiger partial charge < -0.3 is 4.74 Å². The Kier molecular flexibility index (Phi) is 4.29. The molecule has 0 aliphatic rings. The van der Waals surface area contributed by atoms with E-state index in [2.05, 4.69) is 12.1 Å². The molecule has 92 valence electrons. The molecule has 2 aromatic carbocycles. The Balaban J connectivity index is 1.85. The van der Waals surface area contributed by atoms with Gasteiger partial charge in [0.15, 0.2) is 0 Å². The SMILES string of the molecule is N#Cc1ccc(COCc2ccc(C#N)cc2)cc1. The van der Waals surface area contributed by atoms with E-state index in [0.29, 0.717) is 24.3 Å². The smallest absolute Gasteiger partial charge is 0.0991 e. The maximum Gasteiger partial charge on any atom is 0.0991 e. The summed E-state index contributed by atoms with van der Waals surface area (Å²) in [5.74, 6) is 0. The largest absolute Gasteiger partial charge is 0.372 e. The Morgan fingerprint density at radius 3 is 1.37 bits per heavy atom. The van der Waals surface area contributed by atoms with Crippen molar-refractivity contribution in [3.63, 3.8) is 0 Å². The summed E-state index contributed by atoms with van der Waals surface area (Å²) in [7, 11) is 0. The lowest BCUT2D eigenvalue weighted by Crippen LogP contribution is -1.94. The molecule has 0 amide bonds. The number of hydrogen-bond donors (Lipinski definition) is 0. The number of benzene rings is 2. The molecule has 0 saturated carbocycles. The topological polar surface area (TPSA) is 56.8 Å². The Labute approximate surface area is 112 Å². The quantitative estimate of drug-likeness (QED) is 0.835. The van der Waals surface area contributed by atoms with Gasteiger partial charge in [0.25, 0.3) is 0 Å². The molecule has 2 rings (SSSR count). The van der Waals surface area contributed by atoms with E-state index >= 15 is 0 Å². The monoisotopic (exact) mass is 248 g/mol. The van der Waals surface area contributed by atoms with E-state index in [1.807, 2.05) is 24.3 Å². The fourth-order valence-electron chi connectivity index (χ4n) is 1.64. The molecular formula is C16H12N2O. The third-order valence-electron chi connectivity index (χ3n) is 2.70. The van der Waals surface area contributed by atoms with Crippen molar-refractivity contribution in [1.29, 1.82) is 10.5 Å². The van der Waals surface area contributed by atoms with Gasteiger partial charge in [-0.1, -0.05) is 24.3 Å². The summed E-state index contributed by atoms with van der Waals surface area (Å²) in [5.41, 5.74) is 3.37. The molecule has 0 aromatic heterocycles. The van der Waals surface area contributed by atoms with Crippen LogP contribution in [-0.2, 0) is 18.0 Å². The maximum absolute atomic E-state index is 8.69. The summed E-state index contributed by atoms with van der Waals surface area (Å²) in [6.07, 6.45) is 0. The van der Waals surface area contributed by atoms with Crippen LogP contribution in [-0.4, -0.2) is 0 Å². The predicted molar refractivity (Wildman–Crippen MR) is 70.8 cm³/mol. The number of hydrogen-bond acceptors (Lipinski definition) is 3. The second-order valence-corrected chi connectivity index (χ2v) is 4.11. The Morgan fingerprint density at radius 2 is 1.05 bits per heavy atom. The summed E-state index contributed by atoms with van der Waals surface area (Å²) in [4.78, 5) is 0. The second kappa shape index (κ2) is 6.35. The first kappa shape index (κ1) is 12.8. The highest BCUT2D eigenvalue weighted by atomic mass is 16.5. The van der Waals surface area contributed by atoms with Crippen LogP contribution in [0.1, 0.15) is 22.3 Å². The van der Waals surface area contributed by atoms with Gasteiger partial charge in [-0.15, -0.1) is 0 Å². The van der Waals surface area contributed by atoms with E-state index in [0.717, 1.165) is 11.1 Å². The van der Waals surface area contributed by atoms with Crippen LogP contribution in [0.5, 0.6) is 0 Å². The second-order valence-electron chi connectivity index (χ2n) is 4.11. The lowest BCUT2D eigenvalue weighted by molar-refractivity contribution is 0.107. The van der Waals surface area contributed by atoms with E-state index in [1.54, 1.807) is 24.3 Å². The first-order chi connectivity index (χ1) is 9.31. The molecule has 0 atom stereocenters. The number of nitriles is 2. The minimum Gasteiger partial charge on any atom is -0.372 e. The molecule has 0 bridgehead atoms. The molecule has 2 aromatic rings. The normalized spacial score (nSPS) is 9.58. The zero-order chi connectivity index (χ0) is 13.5. The van der Waals surface area contributed by atoms with Crippen LogP contribution in [0.15, 0.2) is 48.5 Å². The number of ether oxygens (including phenoxy) is 1. The van der Waals surface area contributed by atoms with E-state index in [-0.39, 0.29) is 0 Å². The molecule has 0 heterocycles. The van der Waals surface area contributed by atoms with Crippen LogP contribution >= 0.6 is 0 Å². The fraction of sp³-hybridized carbons (Fsp3) is 0.125. The van der Waals surface area contributed by atoms with E-state index in [9.17, 15) is 0 Å². The lowest BCUT2D eigenvalue weighted by Gasteiger charge is -2.04. The lowest BCUT2D eigenvalue weighted by atomic mass is 10.1. The molecular weight excluding hydrogens is 236 g/mol. The van der Waals surface area contributed by atoms with Crippen molar-refractivity contribution in [1.82, 2.24) is 0 Å². The van der Waals surface area contributed by atoms with Gasteiger partial charge in [0, 0.05) is 0 Å². The summed E-state index contributed by atoms with van der Waals surface area (Å²) in [5, 5.41) is 17.4. The molecule has 3 nitrogen and oxygen atoms in total. The highest BCUT2D eigenvalue weighted by Gasteiger charge is 1.97.